The number of ether oxygens (including phenoxy) is 1. The van der Waals surface area contributed by atoms with E-state index in [1.54, 1.807) is 7.11 Å². The number of rotatable bonds is 3. The summed E-state index contributed by atoms with van der Waals surface area (Å²) in [6.07, 6.45) is 1.88. The first-order valence-electron chi connectivity index (χ1n) is 5.83. The molecule has 0 saturated carbocycles. The molecule has 0 aliphatic rings. The highest BCUT2D eigenvalue weighted by molar-refractivity contribution is 5.85. The second-order valence-electron chi connectivity index (χ2n) is 4.44. The van der Waals surface area contributed by atoms with Gasteiger partial charge >= 0.3 is 0 Å². The lowest BCUT2D eigenvalue weighted by molar-refractivity contribution is 0.415. The third-order valence-electron chi connectivity index (χ3n) is 3.00. The van der Waals surface area contributed by atoms with Crippen LogP contribution in [0.25, 0.3) is 10.9 Å². The molecule has 2 rings (SSSR count). The smallest absolute Gasteiger partial charge is 0.119 e. The molecule has 1 aromatic heterocycles. The summed E-state index contributed by atoms with van der Waals surface area (Å²) >= 11 is 0. The van der Waals surface area contributed by atoms with Gasteiger partial charge in [0.1, 0.15) is 5.75 Å². The molecule has 0 aliphatic carbocycles. The van der Waals surface area contributed by atoms with Crippen LogP contribution < -0.4 is 10.5 Å². The van der Waals surface area contributed by atoms with Gasteiger partial charge in [0.15, 0.2) is 0 Å². The lowest BCUT2D eigenvalue weighted by Gasteiger charge is -2.15. The van der Waals surface area contributed by atoms with Gasteiger partial charge in [-0.05, 0) is 35.2 Å². The van der Waals surface area contributed by atoms with Crippen molar-refractivity contribution in [3.05, 3.63) is 35.5 Å². The molecule has 0 fully saturated rings. The van der Waals surface area contributed by atoms with E-state index in [0.717, 1.165) is 22.2 Å². The zero-order chi connectivity index (χ0) is 12.4. The van der Waals surface area contributed by atoms with Crippen LogP contribution in [0.15, 0.2) is 24.4 Å². The number of benzene rings is 1. The molecule has 0 unspecified atom stereocenters. The van der Waals surface area contributed by atoms with Crippen LogP contribution in [0, 0.1) is 0 Å². The highest BCUT2D eigenvalue weighted by Crippen LogP contribution is 2.30. The van der Waals surface area contributed by atoms with E-state index in [1.165, 1.54) is 5.56 Å². The van der Waals surface area contributed by atoms with E-state index >= 15 is 0 Å². The standard InChI is InChI=1S/C14H18N2O/c1-9(2)14-10(7-15)8-16-13-5-4-11(17-3)6-12(13)14/h4-6,8-9H,7,15H2,1-3H3. The first kappa shape index (κ1) is 11.9. The second kappa shape index (κ2) is 4.72. The van der Waals surface area contributed by atoms with Crippen molar-refractivity contribution in [2.45, 2.75) is 26.3 Å². The fourth-order valence-electron chi connectivity index (χ4n) is 2.20. The van der Waals surface area contributed by atoms with E-state index in [1.807, 2.05) is 24.4 Å². The number of pyridine rings is 1. The maximum atomic E-state index is 5.78. The Labute approximate surface area is 102 Å². The summed E-state index contributed by atoms with van der Waals surface area (Å²) in [4.78, 5) is 4.43. The Morgan fingerprint density at radius 3 is 2.71 bits per heavy atom. The van der Waals surface area contributed by atoms with Crippen LogP contribution in [0.5, 0.6) is 5.75 Å². The normalized spacial score (nSPS) is 11.1. The number of aromatic nitrogens is 1. The van der Waals surface area contributed by atoms with Gasteiger partial charge in [-0.3, -0.25) is 4.98 Å². The van der Waals surface area contributed by atoms with Crippen molar-refractivity contribution in [1.29, 1.82) is 0 Å². The molecule has 17 heavy (non-hydrogen) atoms. The number of hydrogen-bond donors (Lipinski definition) is 1. The van der Waals surface area contributed by atoms with Crippen LogP contribution >= 0.6 is 0 Å². The Morgan fingerprint density at radius 2 is 2.12 bits per heavy atom. The minimum atomic E-state index is 0.422. The SMILES string of the molecule is COc1ccc2ncc(CN)c(C(C)C)c2c1. The molecule has 3 nitrogen and oxygen atoms in total. The van der Waals surface area contributed by atoms with Crippen molar-refractivity contribution in [1.82, 2.24) is 4.98 Å². The van der Waals surface area contributed by atoms with E-state index in [-0.39, 0.29) is 0 Å². The van der Waals surface area contributed by atoms with E-state index in [0.29, 0.717) is 12.5 Å². The summed E-state index contributed by atoms with van der Waals surface area (Å²) in [5.74, 6) is 1.28. The Bertz CT molecular complexity index is 530. The molecular formula is C14H18N2O. The molecule has 2 aromatic rings. The predicted octanol–water partition coefficient (Wildman–Crippen LogP) is 2.83. The van der Waals surface area contributed by atoms with Gasteiger partial charge in [0.25, 0.3) is 0 Å². The molecule has 0 radical (unpaired) electrons. The van der Waals surface area contributed by atoms with Gasteiger partial charge < -0.3 is 10.5 Å². The average molecular weight is 230 g/mol. The largest absolute Gasteiger partial charge is 0.497 e. The molecular weight excluding hydrogens is 212 g/mol. The Balaban J connectivity index is 2.76. The van der Waals surface area contributed by atoms with Crippen molar-refractivity contribution in [3.8, 4) is 5.75 Å². The molecule has 90 valence electrons. The first-order chi connectivity index (χ1) is 8.17. The number of methoxy groups -OCH3 is 1. The number of nitrogens with zero attached hydrogens (tertiary/aromatic N) is 1. The summed E-state index contributed by atoms with van der Waals surface area (Å²) in [5, 5.41) is 1.14. The van der Waals surface area contributed by atoms with Crippen LogP contribution in [0.3, 0.4) is 0 Å². The Morgan fingerprint density at radius 1 is 1.35 bits per heavy atom. The molecule has 1 heterocycles. The van der Waals surface area contributed by atoms with Gasteiger partial charge in [0.2, 0.25) is 0 Å². The van der Waals surface area contributed by atoms with Crippen molar-refractivity contribution < 1.29 is 4.74 Å². The highest BCUT2D eigenvalue weighted by atomic mass is 16.5. The third-order valence-corrected chi connectivity index (χ3v) is 3.00. The lowest BCUT2D eigenvalue weighted by atomic mass is 9.94. The van der Waals surface area contributed by atoms with Gasteiger partial charge in [-0.15, -0.1) is 0 Å². The fraction of sp³-hybridized carbons (Fsp3) is 0.357. The first-order valence-corrected chi connectivity index (χ1v) is 5.83. The molecule has 0 saturated heterocycles. The Hall–Kier alpha value is -1.61. The van der Waals surface area contributed by atoms with Gasteiger partial charge in [-0.25, -0.2) is 0 Å². The second-order valence-corrected chi connectivity index (χ2v) is 4.44. The zero-order valence-electron chi connectivity index (χ0n) is 10.5. The lowest BCUT2D eigenvalue weighted by Crippen LogP contribution is -2.05. The quantitative estimate of drug-likeness (QED) is 0.882. The summed E-state index contributed by atoms with van der Waals surface area (Å²) in [6, 6.07) is 5.96. The van der Waals surface area contributed by atoms with Crippen molar-refractivity contribution in [3.63, 3.8) is 0 Å². The predicted molar refractivity (Wildman–Crippen MR) is 70.3 cm³/mol. The molecule has 0 aliphatic heterocycles. The van der Waals surface area contributed by atoms with E-state index in [4.69, 9.17) is 10.5 Å². The maximum absolute atomic E-state index is 5.78. The number of hydrogen-bond acceptors (Lipinski definition) is 3. The molecule has 3 heteroatoms. The van der Waals surface area contributed by atoms with Crippen LogP contribution in [0.2, 0.25) is 0 Å². The molecule has 2 N–H and O–H groups in total. The number of fused-ring (bicyclic) bond motifs is 1. The minimum absolute atomic E-state index is 0.422. The van der Waals surface area contributed by atoms with Crippen molar-refractivity contribution in [2.75, 3.05) is 7.11 Å². The van der Waals surface area contributed by atoms with Crippen LogP contribution in [-0.2, 0) is 6.54 Å². The molecule has 0 atom stereocenters. The van der Waals surface area contributed by atoms with E-state index < -0.39 is 0 Å². The third kappa shape index (κ3) is 2.11. The molecule has 1 aromatic carbocycles. The van der Waals surface area contributed by atoms with Gasteiger partial charge in [0, 0.05) is 18.1 Å². The van der Waals surface area contributed by atoms with Gasteiger partial charge in [0.05, 0.1) is 12.6 Å². The van der Waals surface area contributed by atoms with Crippen LogP contribution in [0.4, 0.5) is 0 Å². The zero-order valence-corrected chi connectivity index (χ0v) is 10.5. The average Bonchev–Trinajstić information content (AvgIpc) is 2.36. The highest BCUT2D eigenvalue weighted by Gasteiger charge is 2.11. The molecule has 0 amide bonds. The minimum Gasteiger partial charge on any atom is -0.497 e. The maximum Gasteiger partial charge on any atom is 0.119 e. The molecule has 0 bridgehead atoms. The topological polar surface area (TPSA) is 48.1 Å². The van der Waals surface area contributed by atoms with E-state index in [2.05, 4.69) is 18.8 Å². The van der Waals surface area contributed by atoms with Gasteiger partial charge in [-0.1, -0.05) is 13.8 Å². The van der Waals surface area contributed by atoms with Crippen molar-refractivity contribution >= 4 is 10.9 Å². The summed E-state index contributed by atoms with van der Waals surface area (Å²) in [7, 11) is 1.68. The van der Waals surface area contributed by atoms with Crippen molar-refractivity contribution in [2.24, 2.45) is 5.73 Å². The van der Waals surface area contributed by atoms with Crippen LogP contribution in [0.1, 0.15) is 30.9 Å². The number of nitrogens with two attached hydrogens (primary N) is 1. The fourth-order valence-corrected chi connectivity index (χ4v) is 2.20. The summed E-state index contributed by atoms with van der Waals surface area (Å²) < 4.78 is 5.27. The van der Waals surface area contributed by atoms with E-state index in [9.17, 15) is 0 Å². The van der Waals surface area contributed by atoms with Gasteiger partial charge in [-0.2, -0.15) is 0 Å². The summed E-state index contributed by atoms with van der Waals surface area (Å²) in [6.45, 7) is 4.87. The Kier molecular flexibility index (Phi) is 3.29. The van der Waals surface area contributed by atoms with Crippen LogP contribution in [-0.4, -0.2) is 12.1 Å². The molecule has 0 spiro atoms. The monoisotopic (exact) mass is 230 g/mol. The summed E-state index contributed by atoms with van der Waals surface area (Å²) in [5.41, 5.74) is 9.16.